The zero-order chi connectivity index (χ0) is 19.7. The Kier molecular flexibility index (Phi) is 3.18. The van der Waals surface area contributed by atoms with Crippen LogP contribution in [0.25, 0.3) is 0 Å². The zero-order valence-electron chi connectivity index (χ0n) is 16.6. The minimum absolute atomic E-state index is 0.0607. The zero-order valence-corrected chi connectivity index (χ0v) is 16.6. The Labute approximate surface area is 164 Å². The number of rotatable bonds is 1. The van der Waals surface area contributed by atoms with Gasteiger partial charge in [0.1, 0.15) is 11.5 Å². The van der Waals surface area contributed by atoms with Crippen molar-refractivity contribution < 1.29 is 33.6 Å². The molecule has 0 amide bonds. The van der Waals surface area contributed by atoms with Gasteiger partial charge in [0.25, 0.3) is 0 Å². The summed E-state index contributed by atoms with van der Waals surface area (Å²) in [6, 6.07) is 0. The third kappa shape index (κ3) is 1.66. The summed E-state index contributed by atoms with van der Waals surface area (Å²) in [5.74, 6) is -1.29. The lowest BCUT2D eigenvalue weighted by Crippen LogP contribution is -2.71. The number of epoxide rings is 1. The highest BCUT2D eigenvalue weighted by atomic mass is 16.7. The smallest absolute Gasteiger partial charge is 0.320 e. The van der Waals surface area contributed by atoms with Crippen LogP contribution in [-0.4, -0.2) is 61.3 Å². The number of hydrogen-bond donors (Lipinski definition) is 1. The molecule has 154 valence electrons. The fourth-order valence-corrected chi connectivity index (χ4v) is 8.14. The van der Waals surface area contributed by atoms with Crippen molar-refractivity contribution >= 4 is 11.8 Å². The van der Waals surface area contributed by atoms with E-state index < -0.39 is 40.7 Å². The molecule has 0 unspecified atom stereocenters. The highest BCUT2D eigenvalue weighted by molar-refractivity contribution is 6.12. The van der Waals surface area contributed by atoms with Crippen LogP contribution in [0.5, 0.6) is 0 Å². The second-order valence-electron chi connectivity index (χ2n) is 10.6. The second kappa shape index (κ2) is 4.99. The van der Waals surface area contributed by atoms with Gasteiger partial charge in [0.2, 0.25) is 0 Å². The van der Waals surface area contributed by atoms with Crippen LogP contribution >= 0.6 is 0 Å². The van der Waals surface area contributed by atoms with Gasteiger partial charge in [-0.15, -0.1) is 0 Å². The van der Waals surface area contributed by atoms with Gasteiger partial charge in [-0.3, -0.25) is 9.59 Å². The molecular weight excluding hydrogens is 364 g/mol. The van der Waals surface area contributed by atoms with Gasteiger partial charge < -0.3 is 24.1 Å². The quantitative estimate of drug-likeness (QED) is 0.405. The summed E-state index contributed by atoms with van der Waals surface area (Å²) in [6.45, 7) is 5.08. The van der Waals surface area contributed by atoms with Gasteiger partial charge in [-0.2, -0.15) is 0 Å². The molecule has 6 aliphatic rings. The summed E-state index contributed by atoms with van der Waals surface area (Å²) in [4.78, 5) is 27.0. The highest BCUT2D eigenvalue weighted by Gasteiger charge is 2.84. The molecule has 9 atom stereocenters. The Morgan fingerprint density at radius 3 is 2.61 bits per heavy atom. The predicted octanol–water partition coefficient (Wildman–Crippen LogP) is 1.06. The molecule has 7 heteroatoms. The van der Waals surface area contributed by atoms with Crippen LogP contribution < -0.4 is 0 Å². The molecule has 3 heterocycles. The van der Waals surface area contributed by atoms with Crippen molar-refractivity contribution in [1.29, 1.82) is 0 Å². The molecule has 0 radical (unpaired) electrons. The van der Waals surface area contributed by atoms with E-state index in [2.05, 4.69) is 13.8 Å². The summed E-state index contributed by atoms with van der Waals surface area (Å²) in [7, 11) is 1.63. The number of aliphatic hydroxyl groups is 1. The normalized spacial score (nSPS) is 58.1. The van der Waals surface area contributed by atoms with Crippen molar-refractivity contribution in [1.82, 2.24) is 0 Å². The Balaban J connectivity index is 1.57. The Bertz CT molecular complexity index is 773. The van der Waals surface area contributed by atoms with E-state index in [-0.39, 0.29) is 29.1 Å². The summed E-state index contributed by atoms with van der Waals surface area (Å²) in [5.41, 5.74) is -2.92. The average molecular weight is 392 g/mol. The van der Waals surface area contributed by atoms with Crippen LogP contribution in [-0.2, 0) is 28.5 Å². The second-order valence-corrected chi connectivity index (χ2v) is 10.6. The van der Waals surface area contributed by atoms with Gasteiger partial charge in [0.05, 0.1) is 19.3 Å². The van der Waals surface area contributed by atoms with E-state index in [0.29, 0.717) is 32.5 Å². The fraction of sp³-hybridized carbons (Fsp3) is 0.905. The van der Waals surface area contributed by atoms with E-state index >= 15 is 0 Å². The first kappa shape index (κ1) is 17.8. The molecule has 3 saturated heterocycles. The van der Waals surface area contributed by atoms with Crippen molar-refractivity contribution in [2.75, 3.05) is 20.3 Å². The van der Waals surface area contributed by atoms with Crippen molar-refractivity contribution in [3.05, 3.63) is 0 Å². The van der Waals surface area contributed by atoms with E-state index in [9.17, 15) is 14.7 Å². The number of fused-ring (bicyclic) bond motifs is 2. The van der Waals surface area contributed by atoms with Crippen LogP contribution in [0.3, 0.4) is 0 Å². The van der Waals surface area contributed by atoms with Crippen LogP contribution in [0.4, 0.5) is 0 Å². The molecule has 7 nitrogen and oxygen atoms in total. The maximum absolute atomic E-state index is 13.6. The van der Waals surface area contributed by atoms with Crippen LogP contribution in [0.2, 0.25) is 0 Å². The van der Waals surface area contributed by atoms with Crippen molar-refractivity contribution in [2.45, 2.75) is 63.6 Å². The number of aliphatic hydroxyl groups excluding tert-OH is 1. The lowest BCUT2D eigenvalue weighted by Gasteiger charge is -2.62. The minimum Gasteiger partial charge on any atom is -0.461 e. The lowest BCUT2D eigenvalue weighted by atomic mass is 9.43. The lowest BCUT2D eigenvalue weighted by molar-refractivity contribution is -0.252. The molecule has 6 rings (SSSR count). The first-order valence-electron chi connectivity index (χ1n) is 10.5. The van der Waals surface area contributed by atoms with E-state index in [1.165, 1.54) is 0 Å². The minimum atomic E-state index is -1.31. The maximum Gasteiger partial charge on any atom is 0.320 e. The first-order chi connectivity index (χ1) is 13.2. The van der Waals surface area contributed by atoms with Gasteiger partial charge in [0, 0.05) is 30.3 Å². The summed E-state index contributed by atoms with van der Waals surface area (Å²) in [6.07, 6.45) is 0.963. The Morgan fingerprint density at radius 2 is 1.93 bits per heavy atom. The van der Waals surface area contributed by atoms with Gasteiger partial charge in [-0.05, 0) is 31.1 Å². The standard InChI is InChI=1S/C21H28O7/c1-18(2)5-4-12-20(8-26-15(25-3)14(18)20)13-11(22)6-10-7-19(13,17(24)28-12)16(23)21(10)9-27-21/h10-15,22H,4-9H2,1-3H3/t10-,11+,12+,13-,14-,15-,19+,20+,21+/m1/s1. The third-order valence-electron chi connectivity index (χ3n) is 9.18. The van der Waals surface area contributed by atoms with Crippen molar-refractivity contribution in [2.24, 2.45) is 34.0 Å². The molecule has 0 aromatic heterocycles. The fourth-order valence-electron chi connectivity index (χ4n) is 8.14. The van der Waals surface area contributed by atoms with Gasteiger partial charge in [-0.25, -0.2) is 0 Å². The SMILES string of the molecule is CO[C@@H]1OC[C@@]23[C@H](CCC(C)(C)[C@@H]12)OC(=O)[C@@]12C[C@@H](C[C@H](O)[C@H]13)[C@@]1(CO1)C2=O. The largest absolute Gasteiger partial charge is 0.461 e. The molecule has 3 aliphatic carbocycles. The third-order valence-corrected chi connectivity index (χ3v) is 9.18. The van der Waals surface area contributed by atoms with Crippen LogP contribution in [0.1, 0.15) is 39.5 Å². The molecule has 28 heavy (non-hydrogen) atoms. The van der Waals surface area contributed by atoms with Crippen LogP contribution in [0, 0.1) is 34.0 Å². The number of methoxy groups -OCH3 is 1. The molecule has 1 N–H and O–H groups in total. The number of ketones is 1. The average Bonchev–Trinajstić information content (AvgIpc) is 3.32. The molecule has 2 bridgehead atoms. The molecule has 3 saturated carbocycles. The monoisotopic (exact) mass is 392 g/mol. The molecular formula is C21H28O7. The molecule has 6 fully saturated rings. The molecule has 3 aliphatic heterocycles. The number of carbonyl (C=O) groups excluding carboxylic acids is 2. The molecule has 0 aromatic carbocycles. The van der Waals surface area contributed by atoms with Crippen molar-refractivity contribution in [3.8, 4) is 0 Å². The first-order valence-corrected chi connectivity index (χ1v) is 10.5. The number of carbonyl (C=O) groups is 2. The topological polar surface area (TPSA) is 94.6 Å². The number of esters is 1. The summed E-state index contributed by atoms with van der Waals surface area (Å²) >= 11 is 0. The molecule has 0 aromatic rings. The number of ether oxygens (including phenoxy) is 4. The van der Waals surface area contributed by atoms with E-state index in [1.807, 2.05) is 0 Å². The van der Waals surface area contributed by atoms with Gasteiger partial charge >= 0.3 is 5.97 Å². The Morgan fingerprint density at radius 1 is 1.18 bits per heavy atom. The van der Waals surface area contributed by atoms with Crippen LogP contribution in [0.15, 0.2) is 0 Å². The Hall–Kier alpha value is -1.02. The predicted molar refractivity (Wildman–Crippen MR) is 93.9 cm³/mol. The number of hydrogen-bond acceptors (Lipinski definition) is 7. The van der Waals surface area contributed by atoms with E-state index in [1.54, 1.807) is 7.11 Å². The van der Waals surface area contributed by atoms with Gasteiger partial charge in [0.15, 0.2) is 17.7 Å². The highest BCUT2D eigenvalue weighted by Crippen LogP contribution is 2.73. The summed E-state index contributed by atoms with van der Waals surface area (Å²) in [5, 5.41) is 11.4. The molecule has 3 spiro atoms. The van der Waals surface area contributed by atoms with Crippen molar-refractivity contribution in [3.63, 3.8) is 0 Å². The maximum atomic E-state index is 13.6. The van der Waals surface area contributed by atoms with E-state index in [0.717, 1.165) is 6.42 Å². The van der Waals surface area contributed by atoms with E-state index in [4.69, 9.17) is 18.9 Å². The van der Waals surface area contributed by atoms with Gasteiger partial charge in [-0.1, -0.05) is 13.8 Å². The summed E-state index contributed by atoms with van der Waals surface area (Å²) < 4.78 is 23.5. The number of Topliss-reactive ketones (excluding diaryl/α,β-unsaturated/α-hetero) is 1.